The molecule has 4 rings (SSSR count). The minimum absolute atomic E-state index is 0.0354. The molecule has 11 heteroatoms. The van der Waals surface area contributed by atoms with Crippen LogP contribution in [0.25, 0.3) is 0 Å². The number of carbonyl (C=O) groups excluding carboxylic acids is 3. The Morgan fingerprint density at radius 2 is 1.91 bits per heavy atom. The molecular weight excluding hydrogens is 434 g/mol. The number of nitrogens with two attached hydrogens (primary N) is 1. The van der Waals surface area contributed by atoms with Crippen molar-refractivity contribution in [3.8, 4) is 5.75 Å². The maximum Gasteiger partial charge on any atom is 0.255 e. The molecule has 1 aromatic rings. The summed E-state index contributed by atoms with van der Waals surface area (Å²) in [5.74, 6) is -6.73. The van der Waals surface area contributed by atoms with E-state index in [0.717, 1.165) is 0 Å². The Labute approximate surface area is 187 Å². The summed E-state index contributed by atoms with van der Waals surface area (Å²) in [6, 6.07) is 2.89. The molecule has 0 unspecified atom stereocenters. The van der Waals surface area contributed by atoms with E-state index in [0.29, 0.717) is 16.8 Å². The molecule has 1 aromatic carbocycles. The van der Waals surface area contributed by atoms with Crippen LogP contribution >= 0.6 is 0 Å². The van der Waals surface area contributed by atoms with E-state index in [-0.39, 0.29) is 36.1 Å². The first-order valence-electron chi connectivity index (χ1n) is 10.1. The zero-order chi connectivity index (χ0) is 24.2. The summed E-state index contributed by atoms with van der Waals surface area (Å²) >= 11 is 0. The fraction of sp³-hybridized carbons (Fsp3) is 0.364. The normalized spacial score (nSPS) is 27.0. The summed E-state index contributed by atoms with van der Waals surface area (Å²) in [4.78, 5) is 55.1. The number of aromatic hydroxyl groups is 1. The second-order valence-electron chi connectivity index (χ2n) is 8.35. The van der Waals surface area contributed by atoms with Crippen molar-refractivity contribution in [3.05, 3.63) is 56.4 Å². The van der Waals surface area contributed by atoms with Gasteiger partial charge in [-0.2, -0.15) is 0 Å². The van der Waals surface area contributed by atoms with Gasteiger partial charge in [-0.25, -0.2) is 0 Å². The number of aliphatic hydroxyl groups is 2. The van der Waals surface area contributed by atoms with Gasteiger partial charge in [0.15, 0.2) is 5.78 Å². The van der Waals surface area contributed by atoms with Crippen molar-refractivity contribution < 1.29 is 34.5 Å². The monoisotopic (exact) mass is 455 g/mol. The molecule has 172 valence electrons. The van der Waals surface area contributed by atoms with E-state index in [9.17, 15) is 34.6 Å². The zero-order valence-corrected chi connectivity index (χ0v) is 17.8. The van der Waals surface area contributed by atoms with E-state index in [1.165, 1.54) is 13.2 Å². The third-order valence-corrected chi connectivity index (χ3v) is 6.71. The number of rotatable bonds is 4. The van der Waals surface area contributed by atoms with Gasteiger partial charge in [-0.15, -0.1) is 4.91 Å². The molecule has 33 heavy (non-hydrogen) atoms. The Bertz CT molecular complexity index is 1230. The number of amides is 1. The number of hydrogen-bond donors (Lipinski definition) is 4. The Hall–Kier alpha value is -4.02. The first-order chi connectivity index (χ1) is 15.6. The number of carbonyl (C=O) groups is 3. The van der Waals surface area contributed by atoms with Gasteiger partial charge in [0, 0.05) is 23.5 Å². The molecule has 0 radical (unpaired) electrons. The lowest BCUT2D eigenvalue weighted by atomic mass is 9.59. The number of phenolic OH excluding ortho intramolecular Hbond substituents is 1. The first-order valence-corrected chi connectivity index (χ1v) is 10.1. The molecular formula is C22H21N3O8. The molecule has 3 atom stereocenters. The van der Waals surface area contributed by atoms with Gasteiger partial charge in [0.2, 0.25) is 11.3 Å². The van der Waals surface area contributed by atoms with Crippen molar-refractivity contribution in [3.63, 3.8) is 0 Å². The third kappa shape index (κ3) is 2.88. The van der Waals surface area contributed by atoms with Crippen LogP contribution in [0.5, 0.6) is 5.75 Å². The maximum absolute atomic E-state index is 13.5. The molecule has 0 saturated carbocycles. The van der Waals surface area contributed by atoms with Gasteiger partial charge in [0.25, 0.3) is 5.91 Å². The van der Waals surface area contributed by atoms with E-state index >= 15 is 0 Å². The van der Waals surface area contributed by atoms with Crippen molar-refractivity contribution in [2.24, 2.45) is 27.9 Å². The fourth-order valence-corrected chi connectivity index (χ4v) is 5.30. The number of nitroso groups, excluding NO2 is 1. The average molecular weight is 455 g/mol. The molecule has 0 fully saturated rings. The van der Waals surface area contributed by atoms with Gasteiger partial charge in [0.05, 0.1) is 11.3 Å². The van der Waals surface area contributed by atoms with Gasteiger partial charge in [0.1, 0.15) is 30.0 Å². The number of allylic oxidation sites excluding steroid dienone is 2. The van der Waals surface area contributed by atoms with Crippen LogP contribution < -0.4 is 5.73 Å². The van der Waals surface area contributed by atoms with Gasteiger partial charge in [-0.1, -0.05) is 5.16 Å². The van der Waals surface area contributed by atoms with Crippen LogP contribution in [0.1, 0.15) is 41.3 Å². The molecule has 1 amide bonds. The molecule has 11 nitrogen and oxygen atoms in total. The van der Waals surface area contributed by atoms with Crippen LogP contribution in [0, 0.1) is 16.7 Å². The first kappa shape index (κ1) is 22.2. The third-order valence-electron chi connectivity index (χ3n) is 6.71. The number of benzene rings is 1. The highest BCUT2D eigenvalue weighted by molar-refractivity contribution is 6.25. The van der Waals surface area contributed by atoms with E-state index in [1.54, 1.807) is 13.0 Å². The predicted molar refractivity (Wildman–Crippen MR) is 114 cm³/mol. The minimum atomic E-state index is -2.46. The van der Waals surface area contributed by atoms with Gasteiger partial charge in [-0.3, -0.25) is 14.4 Å². The van der Waals surface area contributed by atoms with E-state index < -0.39 is 51.9 Å². The average Bonchev–Trinajstić information content (AvgIpc) is 2.73. The second kappa shape index (κ2) is 7.54. The van der Waals surface area contributed by atoms with Crippen molar-refractivity contribution in [2.75, 3.05) is 7.11 Å². The summed E-state index contributed by atoms with van der Waals surface area (Å²) in [6.07, 6.45) is -0.0943. The zero-order valence-electron chi connectivity index (χ0n) is 17.8. The number of nitrogens with zero attached hydrogens (tertiary/aromatic N) is 2. The summed E-state index contributed by atoms with van der Waals surface area (Å²) in [5.41, 5.74) is 3.08. The lowest BCUT2D eigenvalue weighted by Crippen LogP contribution is -2.56. The van der Waals surface area contributed by atoms with Gasteiger partial charge in [-0.05, 0) is 48.6 Å². The van der Waals surface area contributed by atoms with E-state index in [2.05, 4.69) is 10.3 Å². The van der Waals surface area contributed by atoms with Crippen LogP contribution in [0.15, 0.2) is 45.1 Å². The predicted octanol–water partition coefficient (Wildman–Crippen LogP) is 1.72. The highest BCUT2D eigenvalue weighted by atomic mass is 16.6. The maximum atomic E-state index is 13.5. The number of fused-ring (bicyclic) bond motifs is 3. The molecule has 0 spiro atoms. The summed E-state index contributed by atoms with van der Waals surface area (Å²) in [6.45, 7) is 1.67. The number of phenols is 1. The number of ketones is 2. The minimum Gasteiger partial charge on any atom is -0.511 e. The Kier molecular flexibility index (Phi) is 5.07. The Balaban J connectivity index is 1.95. The van der Waals surface area contributed by atoms with E-state index in [4.69, 9.17) is 10.6 Å². The van der Waals surface area contributed by atoms with Crippen LogP contribution in [0.3, 0.4) is 0 Å². The number of Topliss-reactive ketones (excluding diaryl/α,β-unsaturated/α-hetero) is 2. The summed E-state index contributed by atoms with van der Waals surface area (Å²) in [7, 11) is 1.37. The smallest absolute Gasteiger partial charge is 0.255 e. The van der Waals surface area contributed by atoms with Crippen molar-refractivity contribution >= 4 is 23.2 Å². The SMILES string of the molecule is CO/N=C(/C)c1ccc(O)c2c1C[C@H]1C[C@H]3CC(O)=C(C(N)=O)C(=O)[C@@]3(N=O)C(O)=C1C2=O. The lowest BCUT2D eigenvalue weighted by Gasteiger charge is -2.44. The fourth-order valence-electron chi connectivity index (χ4n) is 5.30. The van der Waals surface area contributed by atoms with Crippen LogP contribution in [-0.2, 0) is 20.8 Å². The Morgan fingerprint density at radius 3 is 2.52 bits per heavy atom. The topological polar surface area (TPSA) is 189 Å². The summed E-state index contributed by atoms with van der Waals surface area (Å²) < 4.78 is 0. The molecule has 3 aliphatic carbocycles. The quantitative estimate of drug-likeness (QED) is 0.228. The molecule has 0 aliphatic heterocycles. The number of primary amides is 1. The number of aliphatic hydroxyl groups excluding tert-OH is 2. The second-order valence-corrected chi connectivity index (χ2v) is 8.35. The lowest BCUT2D eigenvalue weighted by molar-refractivity contribution is -0.127. The van der Waals surface area contributed by atoms with Crippen molar-refractivity contribution in [1.29, 1.82) is 0 Å². The van der Waals surface area contributed by atoms with Crippen LogP contribution in [-0.4, -0.2) is 51.2 Å². The largest absolute Gasteiger partial charge is 0.511 e. The molecule has 5 N–H and O–H groups in total. The molecule has 0 heterocycles. The number of hydrogen-bond acceptors (Lipinski definition) is 10. The van der Waals surface area contributed by atoms with Crippen molar-refractivity contribution in [1.82, 2.24) is 0 Å². The molecule has 3 aliphatic rings. The highest BCUT2D eigenvalue weighted by Gasteiger charge is 2.62. The Morgan fingerprint density at radius 1 is 1.21 bits per heavy atom. The van der Waals surface area contributed by atoms with Crippen LogP contribution in [0.4, 0.5) is 0 Å². The summed E-state index contributed by atoms with van der Waals surface area (Å²) in [5, 5.41) is 38.6. The van der Waals surface area contributed by atoms with E-state index in [1.807, 2.05) is 0 Å². The molecule has 0 aromatic heterocycles. The van der Waals surface area contributed by atoms with Gasteiger partial charge < -0.3 is 25.9 Å². The van der Waals surface area contributed by atoms with Crippen LogP contribution in [0.2, 0.25) is 0 Å². The van der Waals surface area contributed by atoms with Gasteiger partial charge >= 0.3 is 0 Å². The standard InChI is InChI=1S/C22H21N3O8/c1-8(24-33-2)11-3-4-13(26)16-12(11)6-9-5-10-7-14(27)17(21(23)31)20(30)22(10,25-32)19(29)15(9)18(16)28/h3-4,9-10,26-27,29H,5-7H2,1-2H3,(H2,23,31)/b24-8-/t9-,10+,22+/m1/s1. The highest BCUT2D eigenvalue weighted by Crippen LogP contribution is 2.53. The molecule has 0 saturated heterocycles. The molecule has 0 bridgehead atoms. The number of oxime groups is 1. The van der Waals surface area contributed by atoms with Crippen molar-refractivity contribution in [2.45, 2.75) is 31.7 Å².